The lowest BCUT2D eigenvalue weighted by atomic mass is 10.0. The van der Waals surface area contributed by atoms with Gasteiger partial charge in [0, 0.05) is 51.0 Å². The minimum atomic E-state index is -0.899. The molecular formula is C27H36N10O2. The van der Waals surface area contributed by atoms with Crippen molar-refractivity contribution >= 4 is 11.9 Å². The van der Waals surface area contributed by atoms with Gasteiger partial charge in [-0.2, -0.15) is 5.11 Å². The van der Waals surface area contributed by atoms with Crippen molar-refractivity contribution in [1.82, 2.24) is 30.5 Å². The van der Waals surface area contributed by atoms with E-state index < -0.39 is 12.3 Å². The smallest absolute Gasteiger partial charge is 0.241 e. The number of aromatic hydroxyl groups is 1. The zero-order valence-electron chi connectivity index (χ0n) is 22.2. The predicted octanol–water partition coefficient (Wildman–Crippen LogP) is 1.90. The third-order valence-corrected chi connectivity index (χ3v) is 6.69. The highest BCUT2D eigenvalue weighted by Gasteiger charge is 2.30. The number of hydrazine groups is 1. The Morgan fingerprint density at radius 1 is 1.28 bits per heavy atom. The molecule has 2 heterocycles. The summed E-state index contributed by atoms with van der Waals surface area (Å²) in [6.07, 6.45) is 1.63. The van der Waals surface area contributed by atoms with E-state index in [-0.39, 0.29) is 17.7 Å². The lowest BCUT2D eigenvalue weighted by molar-refractivity contribution is -0.126. The number of carbonyl (C=O) groups excluding carboxylic acids is 1. The van der Waals surface area contributed by atoms with Gasteiger partial charge < -0.3 is 21.1 Å². The van der Waals surface area contributed by atoms with E-state index in [1.165, 1.54) is 5.01 Å². The first kappa shape index (κ1) is 28.0. The van der Waals surface area contributed by atoms with Crippen LogP contribution < -0.4 is 21.8 Å². The zero-order valence-corrected chi connectivity index (χ0v) is 22.2. The van der Waals surface area contributed by atoms with Crippen molar-refractivity contribution in [2.45, 2.75) is 38.3 Å². The van der Waals surface area contributed by atoms with Gasteiger partial charge in [0.15, 0.2) is 0 Å². The molecular weight excluding hydrogens is 496 g/mol. The molecule has 0 radical (unpaired) electrons. The van der Waals surface area contributed by atoms with Crippen LogP contribution in [0.4, 0.5) is 5.95 Å². The second kappa shape index (κ2) is 13.2. The lowest BCUT2D eigenvalue weighted by Gasteiger charge is -2.38. The Bertz CT molecular complexity index is 1250. The topological polar surface area (TPSA) is 168 Å². The zero-order chi connectivity index (χ0) is 27.8. The van der Waals surface area contributed by atoms with E-state index in [0.717, 1.165) is 28.8 Å². The number of piperazine rings is 1. The van der Waals surface area contributed by atoms with Crippen molar-refractivity contribution in [3.05, 3.63) is 71.9 Å². The Balaban J connectivity index is 1.37. The standard InChI is InChI=1S/C27H36N10O2/c1-18-15-32-24(25(39)34-27(35-28)36(2)29)17-37(18)16-20-4-3-5-21(14-20)23-11-13-31-26(33-23)30-12-10-19-6-8-22(38)9-7-19/h3-9,11,13-14,18,24,27-28,32,38H,10,12,15-17,29H2,1-2H3,(H,34,39)(H,30,31,33)/t18?,24-,27?/m1/s1. The molecule has 12 heteroatoms. The summed E-state index contributed by atoms with van der Waals surface area (Å²) in [5.74, 6) is 6.22. The van der Waals surface area contributed by atoms with Gasteiger partial charge in [-0.1, -0.05) is 30.3 Å². The minimum Gasteiger partial charge on any atom is -0.508 e. The number of phenols is 1. The molecule has 12 nitrogen and oxygen atoms in total. The van der Waals surface area contributed by atoms with Crippen LogP contribution in [0.15, 0.2) is 65.9 Å². The molecule has 206 valence electrons. The van der Waals surface area contributed by atoms with E-state index in [9.17, 15) is 9.90 Å². The number of rotatable bonds is 11. The summed E-state index contributed by atoms with van der Waals surface area (Å²) < 4.78 is 0. The van der Waals surface area contributed by atoms with Crippen LogP contribution in [-0.4, -0.2) is 75.9 Å². The molecule has 1 aromatic heterocycles. The number of phenolic OH excluding ortho intramolecular Hbond substituents is 1. The number of nitrogens with one attached hydrogen (secondary N) is 4. The fraction of sp³-hybridized carbons (Fsp3) is 0.370. The number of aromatic nitrogens is 2. The summed E-state index contributed by atoms with van der Waals surface area (Å²) in [6, 6.07) is 17.1. The number of nitrogens with two attached hydrogens (primary N) is 1. The van der Waals surface area contributed by atoms with Crippen LogP contribution in [0.5, 0.6) is 5.75 Å². The predicted molar refractivity (Wildman–Crippen MR) is 148 cm³/mol. The molecule has 1 aliphatic heterocycles. The number of anilines is 1. The number of hydrogen-bond donors (Lipinski definition) is 6. The van der Waals surface area contributed by atoms with Crippen LogP contribution in [0.25, 0.3) is 11.3 Å². The summed E-state index contributed by atoms with van der Waals surface area (Å²) in [6.45, 7) is 4.64. The first-order chi connectivity index (χ1) is 18.8. The molecule has 0 spiro atoms. The van der Waals surface area contributed by atoms with E-state index in [1.807, 2.05) is 30.3 Å². The average Bonchev–Trinajstić information content (AvgIpc) is 2.94. The van der Waals surface area contributed by atoms with E-state index in [1.54, 1.807) is 25.4 Å². The van der Waals surface area contributed by atoms with Crippen molar-refractivity contribution in [1.29, 1.82) is 5.53 Å². The second-order valence-corrected chi connectivity index (χ2v) is 9.73. The van der Waals surface area contributed by atoms with Gasteiger partial charge in [-0.05, 0) is 48.7 Å². The first-order valence-corrected chi connectivity index (χ1v) is 12.9. The fourth-order valence-electron chi connectivity index (χ4n) is 4.42. The van der Waals surface area contributed by atoms with Gasteiger partial charge in [0.05, 0.1) is 11.7 Å². The molecule has 0 bridgehead atoms. The summed E-state index contributed by atoms with van der Waals surface area (Å²) in [5.41, 5.74) is 11.3. The van der Waals surface area contributed by atoms with Crippen molar-refractivity contribution in [3.8, 4) is 17.0 Å². The first-order valence-electron chi connectivity index (χ1n) is 12.9. The molecule has 39 heavy (non-hydrogen) atoms. The monoisotopic (exact) mass is 532 g/mol. The normalized spacial score (nSPS) is 18.5. The number of nitrogens with zero attached hydrogens (tertiary/aromatic N) is 5. The van der Waals surface area contributed by atoms with Crippen molar-refractivity contribution in [2.24, 2.45) is 11.0 Å². The van der Waals surface area contributed by atoms with Gasteiger partial charge in [0.25, 0.3) is 0 Å². The molecule has 1 aliphatic rings. The molecule has 4 rings (SSSR count). The van der Waals surface area contributed by atoms with Crippen LogP contribution in [-0.2, 0) is 17.8 Å². The van der Waals surface area contributed by atoms with E-state index in [2.05, 4.69) is 50.0 Å². The van der Waals surface area contributed by atoms with E-state index in [4.69, 9.17) is 16.4 Å². The molecule has 7 N–H and O–H groups in total. The highest BCUT2D eigenvalue weighted by Crippen LogP contribution is 2.21. The third-order valence-electron chi connectivity index (χ3n) is 6.69. The van der Waals surface area contributed by atoms with Gasteiger partial charge in [0.1, 0.15) is 5.75 Å². The Hall–Kier alpha value is -3.97. The third kappa shape index (κ3) is 7.77. The Labute approximate surface area is 228 Å². The van der Waals surface area contributed by atoms with Crippen molar-refractivity contribution < 1.29 is 9.90 Å². The maximum Gasteiger partial charge on any atom is 0.241 e. The summed E-state index contributed by atoms with van der Waals surface area (Å²) in [5, 5.41) is 23.2. The lowest BCUT2D eigenvalue weighted by Crippen LogP contribution is -2.62. The van der Waals surface area contributed by atoms with Gasteiger partial charge in [0.2, 0.25) is 18.1 Å². The number of carbonyl (C=O) groups is 1. The molecule has 1 amide bonds. The maximum absolute atomic E-state index is 12.8. The second-order valence-electron chi connectivity index (χ2n) is 9.73. The number of amides is 1. The Kier molecular flexibility index (Phi) is 9.49. The largest absolute Gasteiger partial charge is 0.508 e. The van der Waals surface area contributed by atoms with Gasteiger partial charge in [-0.15, -0.1) is 0 Å². The van der Waals surface area contributed by atoms with E-state index >= 15 is 0 Å². The summed E-state index contributed by atoms with van der Waals surface area (Å²) in [4.78, 5) is 24.1. The Morgan fingerprint density at radius 3 is 2.82 bits per heavy atom. The van der Waals surface area contributed by atoms with E-state index in [0.29, 0.717) is 32.1 Å². The summed E-state index contributed by atoms with van der Waals surface area (Å²) in [7, 11) is 1.55. The van der Waals surface area contributed by atoms with Crippen molar-refractivity contribution in [3.63, 3.8) is 0 Å². The minimum absolute atomic E-state index is 0.231. The van der Waals surface area contributed by atoms with Gasteiger partial charge in [-0.3, -0.25) is 15.5 Å². The highest BCUT2D eigenvalue weighted by atomic mass is 16.3. The highest BCUT2D eigenvalue weighted by molar-refractivity contribution is 5.82. The van der Waals surface area contributed by atoms with Crippen LogP contribution in [0.3, 0.4) is 0 Å². The Morgan fingerprint density at radius 2 is 2.08 bits per heavy atom. The van der Waals surface area contributed by atoms with Gasteiger partial charge in [-0.25, -0.2) is 20.5 Å². The number of hydrogen-bond acceptors (Lipinski definition) is 11. The van der Waals surface area contributed by atoms with Crippen LogP contribution in [0, 0.1) is 5.53 Å². The number of benzene rings is 2. The SMILES string of the molecule is CC1CN[C@@H](C(=O)NC(N=N)N(C)N)CN1Cc1cccc(-c2ccnc(NCCc3ccc(O)cc3)n2)c1. The molecule has 2 aromatic carbocycles. The quantitative estimate of drug-likeness (QED) is 0.0935. The molecule has 3 atom stereocenters. The molecule has 1 fully saturated rings. The van der Waals surface area contributed by atoms with Crippen molar-refractivity contribution in [2.75, 3.05) is 32.0 Å². The summed E-state index contributed by atoms with van der Waals surface area (Å²) >= 11 is 0. The fourth-order valence-corrected chi connectivity index (χ4v) is 4.42. The molecule has 2 unspecified atom stereocenters. The van der Waals surface area contributed by atoms with Crippen LogP contribution >= 0.6 is 0 Å². The molecule has 1 saturated heterocycles. The molecule has 0 aliphatic carbocycles. The molecule has 0 saturated carbocycles. The van der Waals surface area contributed by atoms with Gasteiger partial charge >= 0.3 is 0 Å². The molecule has 3 aromatic rings. The van der Waals surface area contributed by atoms with Crippen LogP contribution in [0.1, 0.15) is 18.1 Å². The van der Waals surface area contributed by atoms with Crippen LogP contribution in [0.2, 0.25) is 0 Å². The average molecular weight is 533 g/mol. The maximum atomic E-state index is 12.8.